The van der Waals surface area contributed by atoms with E-state index in [0.29, 0.717) is 13.0 Å². The van der Waals surface area contributed by atoms with E-state index in [1.165, 1.54) is 14.0 Å². The first-order chi connectivity index (χ1) is 6.60. The van der Waals surface area contributed by atoms with E-state index in [-0.39, 0.29) is 30.8 Å². The second-order valence-electron chi connectivity index (χ2n) is 3.11. The third-order valence-corrected chi connectivity index (χ3v) is 1.62. The molecule has 0 bridgehead atoms. The minimum Gasteiger partial charge on any atom is -0.396 e. The van der Waals surface area contributed by atoms with E-state index >= 15 is 0 Å². The Labute approximate surface area is 83.4 Å². The fourth-order valence-corrected chi connectivity index (χ4v) is 1.06. The molecule has 0 heterocycles. The summed E-state index contributed by atoms with van der Waals surface area (Å²) in [5.41, 5.74) is 0. The summed E-state index contributed by atoms with van der Waals surface area (Å²) in [5.74, 6) is -0.504. The summed E-state index contributed by atoms with van der Waals surface area (Å²) in [7, 11) is 1.52. The van der Waals surface area contributed by atoms with Gasteiger partial charge in [0.2, 0.25) is 5.91 Å². The molecule has 0 aromatic rings. The number of carbonyl (C=O) groups is 2. The predicted molar refractivity (Wildman–Crippen MR) is 50.8 cm³/mol. The molecule has 0 radical (unpaired) electrons. The first-order valence-electron chi connectivity index (χ1n) is 4.48. The number of amides is 1. The minimum atomic E-state index is -0.326. The lowest BCUT2D eigenvalue weighted by atomic mass is 10.2. The van der Waals surface area contributed by atoms with Crippen molar-refractivity contribution in [2.75, 3.05) is 20.3 Å². The maximum atomic E-state index is 11.1. The van der Waals surface area contributed by atoms with E-state index in [1.54, 1.807) is 0 Å². The Bertz CT molecular complexity index is 187. The normalized spacial score (nSPS) is 12.2. The lowest BCUT2D eigenvalue weighted by molar-refractivity contribution is -0.127. The van der Waals surface area contributed by atoms with E-state index in [1.807, 2.05) is 0 Å². The molecule has 82 valence electrons. The Morgan fingerprint density at radius 3 is 2.57 bits per heavy atom. The Morgan fingerprint density at radius 1 is 1.50 bits per heavy atom. The second-order valence-corrected chi connectivity index (χ2v) is 3.11. The van der Waals surface area contributed by atoms with Gasteiger partial charge in [0, 0.05) is 13.7 Å². The van der Waals surface area contributed by atoms with Crippen molar-refractivity contribution in [1.29, 1.82) is 0 Å². The molecule has 0 aromatic heterocycles. The molecule has 1 atom stereocenters. The molecule has 0 aliphatic heterocycles. The van der Waals surface area contributed by atoms with E-state index < -0.39 is 0 Å². The molecule has 5 nitrogen and oxygen atoms in total. The zero-order chi connectivity index (χ0) is 11.0. The minimum absolute atomic E-state index is 0.0195. The number of ketones is 1. The first-order valence-corrected chi connectivity index (χ1v) is 4.48. The number of methoxy groups -OCH3 is 1. The largest absolute Gasteiger partial charge is 0.396 e. The van der Waals surface area contributed by atoms with Crippen LogP contribution in [-0.4, -0.2) is 43.2 Å². The molecular formula is C9H17NO4. The molecule has 0 saturated carbocycles. The number of hydrogen-bond acceptors (Lipinski definition) is 4. The average molecular weight is 203 g/mol. The van der Waals surface area contributed by atoms with Gasteiger partial charge in [-0.1, -0.05) is 0 Å². The van der Waals surface area contributed by atoms with Crippen molar-refractivity contribution in [3.8, 4) is 0 Å². The summed E-state index contributed by atoms with van der Waals surface area (Å²) in [6.07, 6.45) is 0.309. The lowest BCUT2D eigenvalue weighted by Gasteiger charge is -2.16. The SMILES string of the molecule is COCC(CCO)NC(=O)CC(C)=O. The molecule has 0 aliphatic rings. The van der Waals surface area contributed by atoms with Crippen molar-refractivity contribution < 1.29 is 19.4 Å². The van der Waals surface area contributed by atoms with Gasteiger partial charge in [0.1, 0.15) is 5.78 Å². The highest BCUT2D eigenvalue weighted by Gasteiger charge is 2.12. The lowest BCUT2D eigenvalue weighted by Crippen LogP contribution is -2.39. The van der Waals surface area contributed by atoms with Gasteiger partial charge in [-0.2, -0.15) is 0 Å². The second kappa shape index (κ2) is 7.46. The first kappa shape index (κ1) is 13.1. The van der Waals surface area contributed by atoms with Gasteiger partial charge in [-0.3, -0.25) is 9.59 Å². The maximum Gasteiger partial charge on any atom is 0.227 e. The number of Topliss-reactive ketones (excluding diaryl/α,β-unsaturated/α-hetero) is 1. The molecule has 0 aromatic carbocycles. The van der Waals surface area contributed by atoms with Crippen molar-refractivity contribution in [1.82, 2.24) is 5.32 Å². The van der Waals surface area contributed by atoms with Crippen molar-refractivity contribution in [3.63, 3.8) is 0 Å². The van der Waals surface area contributed by atoms with Crippen molar-refractivity contribution in [2.24, 2.45) is 0 Å². The van der Waals surface area contributed by atoms with Crippen LogP contribution in [0.2, 0.25) is 0 Å². The predicted octanol–water partition coefficient (Wildman–Crippen LogP) is -0.521. The summed E-state index contributed by atoms with van der Waals surface area (Å²) < 4.78 is 4.85. The fraction of sp³-hybridized carbons (Fsp3) is 0.778. The number of rotatable bonds is 7. The molecule has 0 spiro atoms. The molecule has 1 unspecified atom stereocenters. The van der Waals surface area contributed by atoms with Crippen LogP contribution in [0.15, 0.2) is 0 Å². The van der Waals surface area contributed by atoms with Crippen molar-refractivity contribution >= 4 is 11.7 Å². The Kier molecular flexibility index (Phi) is 6.96. The maximum absolute atomic E-state index is 11.1. The van der Waals surface area contributed by atoms with Gasteiger partial charge in [-0.05, 0) is 13.3 Å². The Balaban J connectivity index is 3.88. The van der Waals surface area contributed by atoms with Crippen LogP contribution in [0.25, 0.3) is 0 Å². The van der Waals surface area contributed by atoms with Gasteiger partial charge in [-0.15, -0.1) is 0 Å². The average Bonchev–Trinajstić information content (AvgIpc) is 2.03. The number of aliphatic hydroxyl groups is 1. The van der Waals surface area contributed by atoms with Gasteiger partial charge in [0.05, 0.1) is 19.1 Å². The smallest absolute Gasteiger partial charge is 0.227 e. The van der Waals surface area contributed by atoms with Crippen LogP contribution in [0, 0.1) is 0 Å². The molecule has 0 saturated heterocycles. The van der Waals surface area contributed by atoms with Crippen molar-refractivity contribution in [3.05, 3.63) is 0 Å². The van der Waals surface area contributed by atoms with Crippen molar-refractivity contribution in [2.45, 2.75) is 25.8 Å². The monoisotopic (exact) mass is 203 g/mol. The highest BCUT2D eigenvalue weighted by atomic mass is 16.5. The zero-order valence-electron chi connectivity index (χ0n) is 8.58. The highest BCUT2D eigenvalue weighted by molar-refractivity contribution is 5.96. The highest BCUT2D eigenvalue weighted by Crippen LogP contribution is 1.93. The van der Waals surface area contributed by atoms with Gasteiger partial charge in [-0.25, -0.2) is 0 Å². The number of aliphatic hydroxyl groups excluding tert-OH is 1. The molecule has 0 aliphatic carbocycles. The van der Waals surface area contributed by atoms with Gasteiger partial charge < -0.3 is 15.2 Å². The van der Waals surface area contributed by atoms with Crippen LogP contribution < -0.4 is 5.32 Å². The molecule has 1 amide bonds. The Morgan fingerprint density at radius 2 is 2.14 bits per heavy atom. The molecular weight excluding hydrogens is 186 g/mol. The van der Waals surface area contributed by atoms with Gasteiger partial charge in [0.15, 0.2) is 0 Å². The molecule has 14 heavy (non-hydrogen) atoms. The summed E-state index contributed by atoms with van der Waals surface area (Å²) in [6.45, 7) is 1.68. The van der Waals surface area contributed by atoms with Crippen LogP contribution in [0.1, 0.15) is 19.8 Å². The van der Waals surface area contributed by atoms with Crippen LogP contribution in [0.4, 0.5) is 0 Å². The fourth-order valence-electron chi connectivity index (χ4n) is 1.06. The summed E-state index contributed by atoms with van der Waals surface area (Å²) >= 11 is 0. The van der Waals surface area contributed by atoms with Crippen LogP contribution in [0.5, 0.6) is 0 Å². The molecule has 2 N–H and O–H groups in total. The topological polar surface area (TPSA) is 75.6 Å². The van der Waals surface area contributed by atoms with Gasteiger partial charge >= 0.3 is 0 Å². The summed E-state index contributed by atoms with van der Waals surface area (Å²) in [5, 5.41) is 11.3. The number of ether oxygens (including phenoxy) is 1. The molecule has 0 fully saturated rings. The van der Waals surface area contributed by atoms with E-state index in [2.05, 4.69) is 5.32 Å². The van der Waals surface area contributed by atoms with E-state index in [0.717, 1.165) is 0 Å². The summed E-state index contributed by atoms with van der Waals surface area (Å²) in [4.78, 5) is 21.8. The van der Waals surface area contributed by atoms with E-state index in [4.69, 9.17) is 9.84 Å². The van der Waals surface area contributed by atoms with Gasteiger partial charge in [0.25, 0.3) is 0 Å². The molecule has 0 rings (SSSR count). The number of carbonyl (C=O) groups excluding carboxylic acids is 2. The third kappa shape index (κ3) is 6.56. The quantitative estimate of drug-likeness (QED) is 0.546. The zero-order valence-corrected chi connectivity index (χ0v) is 8.58. The van der Waals surface area contributed by atoms with Crippen LogP contribution >= 0.6 is 0 Å². The Hall–Kier alpha value is -0.940. The van der Waals surface area contributed by atoms with Crippen LogP contribution in [-0.2, 0) is 14.3 Å². The standard InChI is InChI=1S/C9H17NO4/c1-7(12)5-9(13)10-8(3-4-11)6-14-2/h8,11H,3-6H2,1-2H3,(H,10,13). The summed E-state index contributed by atoms with van der Waals surface area (Å²) in [6, 6.07) is -0.225. The van der Waals surface area contributed by atoms with Crippen LogP contribution in [0.3, 0.4) is 0 Å². The third-order valence-electron chi connectivity index (χ3n) is 1.62. The molecule has 5 heteroatoms. The number of nitrogens with one attached hydrogen (secondary N) is 1. The van der Waals surface area contributed by atoms with E-state index in [9.17, 15) is 9.59 Å². The number of hydrogen-bond donors (Lipinski definition) is 2.